The first-order valence-electron chi connectivity index (χ1n) is 0.928. The maximum absolute atomic E-state index is 9.06. The molecule has 5 heavy (non-hydrogen) atoms. The number of rotatable bonds is 0. The standard InChI is InChI=1S/CH4O2Si.Mn/c2-1(3)4;/h4H3,(H,2,3);. The second-order valence-corrected chi connectivity index (χ2v) is 1.37. The first-order chi connectivity index (χ1) is 1.73. The van der Waals surface area contributed by atoms with E-state index in [2.05, 4.69) is 0 Å². The summed E-state index contributed by atoms with van der Waals surface area (Å²) in [4.78, 5) is 9.06. The molecule has 0 saturated heterocycles. The van der Waals surface area contributed by atoms with Gasteiger partial charge in [0.1, 0.15) is 10.2 Å². The molecule has 0 aromatic rings. The van der Waals surface area contributed by atoms with Gasteiger partial charge in [0.2, 0.25) is 0 Å². The molecule has 0 aliphatic heterocycles. The monoisotopic (exact) mass is 131 g/mol. The van der Waals surface area contributed by atoms with Gasteiger partial charge in [0.05, 0.1) is 0 Å². The minimum Gasteiger partial charge on any atom is -0.486 e. The van der Waals surface area contributed by atoms with E-state index in [1.54, 1.807) is 0 Å². The molecule has 0 bridgehead atoms. The Bertz CT molecular complexity index is 32.6. The molecule has 0 rings (SSSR count). The van der Waals surface area contributed by atoms with Crippen LogP contribution in [0.15, 0.2) is 0 Å². The molecule has 0 spiro atoms. The third-order valence-electron chi connectivity index (χ3n) is 0. The van der Waals surface area contributed by atoms with Gasteiger partial charge in [0, 0.05) is 17.1 Å². The third-order valence-corrected chi connectivity index (χ3v) is 0. The molecule has 0 heterocycles. The van der Waals surface area contributed by atoms with E-state index in [1.165, 1.54) is 0 Å². The van der Waals surface area contributed by atoms with Crippen molar-refractivity contribution in [3.63, 3.8) is 0 Å². The molecule has 0 unspecified atom stereocenters. The quantitative estimate of drug-likeness (QED) is 0.429. The van der Waals surface area contributed by atoms with E-state index < -0.39 is 5.59 Å². The summed E-state index contributed by atoms with van der Waals surface area (Å²) in [5.41, 5.74) is -0.694. The van der Waals surface area contributed by atoms with Crippen LogP contribution in [0, 0.1) is 0 Å². The maximum atomic E-state index is 9.06. The van der Waals surface area contributed by atoms with Crippen LogP contribution in [0.5, 0.6) is 0 Å². The van der Waals surface area contributed by atoms with Gasteiger partial charge in [0.25, 0.3) is 5.59 Å². The zero-order valence-corrected chi connectivity index (χ0v) is 5.91. The fourth-order valence-electron chi connectivity index (χ4n) is 0. The summed E-state index contributed by atoms with van der Waals surface area (Å²) < 4.78 is 0. The summed E-state index contributed by atoms with van der Waals surface area (Å²) in [5.74, 6) is 0. The van der Waals surface area contributed by atoms with Crippen molar-refractivity contribution < 1.29 is 27.0 Å². The van der Waals surface area contributed by atoms with E-state index in [9.17, 15) is 0 Å². The molecular weight excluding hydrogens is 127 g/mol. The Labute approximate surface area is 43.5 Å². The first-order valence-corrected chi connectivity index (χ1v) is 1.93. The van der Waals surface area contributed by atoms with Crippen molar-refractivity contribution in [2.75, 3.05) is 0 Å². The number of hydrogen-bond acceptors (Lipinski definition) is 1. The number of carbonyl (C=O) groups is 1. The van der Waals surface area contributed by atoms with Gasteiger partial charge in [-0.05, 0) is 0 Å². The van der Waals surface area contributed by atoms with Gasteiger partial charge in [0.15, 0.2) is 0 Å². The van der Waals surface area contributed by atoms with Gasteiger partial charge in [-0.25, -0.2) is 0 Å². The predicted molar refractivity (Wildman–Crippen MR) is 18.0 cm³/mol. The Hall–Kier alpha value is 0.206. The molecule has 0 atom stereocenters. The van der Waals surface area contributed by atoms with Crippen LogP contribution in [-0.4, -0.2) is 20.9 Å². The van der Waals surface area contributed by atoms with Gasteiger partial charge in [-0.1, -0.05) is 0 Å². The maximum Gasteiger partial charge on any atom is 0.257 e. The van der Waals surface area contributed by atoms with Gasteiger partial charge in [-0.15, -0.1) is 0 Å². The van der Waals surface area contributed by atoms with Crippen molar-refractivity contribution in [1.29, 1.82) is 0 Å². The SMILES string of the molecule is O=C(O)[SiH3].[Mn]. The predicted octanol–water partition coefficient (Wildman–Crippen LogP) is -0.973. The average Bonchev–Trinajstić information content (AvgIpc) is 0.811. The molecule has 1 N–H and O–H groups in total. The molecule has 0 aliphatic carbocycles. The first kappa shape index (κ1) is 8.96. The van der Waals surface area contributed by atoms with Crippen molar-refractivity contribution in [2.45, 2.75) is 0 Å². The Morgan fingerprint density at radius 3 is 1.80 bits per heavy atom. The summed E-state index contributed by atoms with van der Waals surface area (Å²) in [6.45, 7) is 0. The minimum absolute atomic E-state index is 0. The zero-order chi connectivity index (χ0) is 3.58. The van der Waals surface area contributed by atoms with Crippen LogP contribution in [0.2, 0.25) is 0 Å². The molecule has 0 fully saturated rings. The normalized spacial score (nSPS) is 5.60. The fraction of sp³-hybridized carbons (Fsp3) is 0. The summed E-state index contributed by atoms with van der Waals surface area (Å²) in [6.07, 6.45) is 0. The van der Waals surface area contributed by atoms with E-state index in [1.807, 2.05) is 0 Å². The van der Waals surface area contributed by atoms with Gasteiger partial charge < -0.3 is 5.11 Å². The Morgan fingerprint density at radius 1 is 1.80 bits per heavy atom. The summed E-state index contributed by atoms with van der Waals surface area (Å²) in [5, 5.41) is 7.48. The number of hydrogen-bond donors (Lipinski definition) is 1. The van der Waals surface area contributed by atoms with Gasteiger partial charge >= 0.3 is 0 Å². The van der Waals surface area contributed by atoms with Crippen LogP contribution in [-0.2, 0) is 17.1 Å². The second kappa shape index (κ2) is 4.21. The van der Waals surface area contributed by atoms with Crippen LogP contribution >= 0.6 is 0 Å². The van der Waals surface area contributed by atoms with E-state index >= 15 is 0 Å². The van der Waals surface area contributed by atoms with E-state index in [0.717, 1.165) is 0 Å². The summed E-state index contributed by atoms with van der Waals surface area (Å²) >= 11 is 0. The van der Waals surface area contributed by atoms with Crippen molar-refractivity contribution in [3.8, 4) is 0 Å². The van der Waals surface area contributed by atoms with E-state index in [-0.39, 0.29) is 27.3 Å². The van der Waals surface area contributed by atoms with Gasteiger partial charge in [-0.3, -0.25) is 4.79 Å². The molecule has 0 aromatic carbocycles. The van der Waals surface area contributed by atoms with E-state index in [4.69, 9.17) is 9.90 Å². The van der Waals surface area contributed by atoms with Crippen LogP contribution in [0.25, 0.3) is 0 Å². The molecule has 2 nitrogen and oxygen atoms in total. The molecule has 0 aliphatic rings. The summed E-state index contributed by atoms with van der Waals surface area (Å²) in [7, 11) is 0.265. The second-order valence-electron chi connectivity index (χ2n) is 0.519. The zero-order valence-electron chi connectivity index (χ0n) is 2.73. The van der Waals surface area contributed by atoms with Crippen molar-refractivity contribution in [3.05, 3.63) is 0 Å². The fourth-order valence-corrected chi connectivity index (χ4v) is 0. The summed E-state index contributed by atoms with van der Waals surface area (Å²) in [6, 6.07) is 0. The van der Waals surface area contributed by atoms with Crippen LogP contribution in [0.1, 0.15) is 0 Å². The number of carboxylic acid groups (broad SMARTS) is 1. The molecule has 0 aromatic heterocycles. The minimum atomic E-state index is -0.694. The van der Waals surface area contributed by atoms with Crippen molar-refractivity contribution in [2.24, 2.45) is 0 Å². The Morgan fingerprint density at radius 2 is 1.80 bits per heavy atom. The topological polar surface area (TPSA) is 37.3 Å². The smallest absolute Gasteiger partial charge is 0.257 e. The molecule has 31 valence electrons. The van der Waals surface area contributed by atoms with Crippen molar-refractivity contribution >= 4 is 15.8 Å². The molecule has 4 heteroatoms. The average molecular weight is 131 g/mol. The van der Waals surface area contributed by atoms with Crippen LogP contribution < -0.4 is 0 Å². The van der Waals surface area contributed by atoms with Crippen LogP contribution in [0.3, 0.4) is 0 Å². The van der Waals surface area contributed by atoms with Gasteiger partial charge in [-0.2, -0.15) is 0 Å². The molecule has 1 radical (unpaired) electrons. The molecule has 0 amide bonds. The Kier molecular flexibility index (Phi) is 7.54. The molecular formula is CH4MnO2Si. The molecule has 0 saturated carbocycles. The van der Waals surface area contributed by atoms with Crippen LogP contribution in [0.4, 0.5) is 4.79 Å². The largest absolute Gasteiger partial charge is 0.486 e. The third kappa shape index (κ3) is 481. The van der Waals surface area contributed by atoms with E-state index in [0.29, 0.717) is 0 Å². The Balaban J connectivity index is 0. The van der Waals surface area contributed by atoms with Crippen molar-refractivity contribution in [1.82, 2.24) is 0 Å².